The predicted octanol–water partition coefficient (Wildman–Crippen LogP) is 5.51. The van der Waals surface area contributed by atoms with Crippen molar-refractivity contribution in [3.63, 3.8) is 0 Å². The van der Waals surface area contributed by atoms with E-state index in [0.29, 0.717) is 17.6 Å². The second kappa shape index (κ2) is 10.1. The monoisotopic (exact) mass is 534 g/mol. The molecule has 0 amide bonds. The number of pyridine rings is 1. The summed E-state index contributed by atoms with van der Waals surface area (Å²) in [6, 6.07) is 7.89. The molecule has 1 aromatic carbocycles. The summed E-state index contributed by atoms with van der Waals surface area (Å²) in [6.45, 7) is 4.32. The zero-order valence-corrected chi connectivity index (χ0v) is 21.8. The molecule has 11 heteroatoms. The number of hydrogen-bond donors (Lipinski definition) is 0. The number of methoxy groups -OCH3 is 1. The lowest BCUT2D eigenvalue weighted by Gasteiger charge is -2.47. The molecule has 0 radical (unpaired) electrons. The minimum atomic E-state index is -4.41. The SMILES string of the molecule is COc1nccc(Cl)c1N1CCC(N2CN(Cc3ccccc3C(F)(F)F)c3nn(C)cc3[C@H]2C)CC1. The maximum Gasteiger partial charge on any atom is 0.416 e. The highest BCUT2D eigenvalue weighted by atomic mass is 35.5. The smallest absolute Gasteiger partial charge is 0.416 e. The zero-order chi connectivity index (χ0) is 26.3. The number of fused-ring (bicyclic) bond motifs is 1. The van der Waals surface area contributed by atoms with Crippen LogP contribution >= 0.6 is 11.6 Å². The van der Waals surface area contributed by atoms with E-state index < -0.39 is 11.7 Å². The van der Waals surface area contributed by atoms with Gasteiger partial charge in [-0.1, -0.05) is 29.8 Å². The predicted molar refractivity (Wildman–Crippen MR) is 137 cm³/mol. The van der Waals surface area contributed by atoms with Gasteiger partial charge in [-0.05, 0) is 37.5 Å². The number of anilines is 2. The van der Waals surface area contributed by atoms with Gasteiger partial charge in [-0.2, -0.15) is 18.3 Å². The first kappa shape index (κ1) is 25.7. The lowest BCUT2D eigenvalue weighted by atomic mass is 9.97. The van der Waals surface area contributed by atoms with Crippen LogP contribution in [-0.2, 0) is 19.8 Å². The van der Waals surface area contributed by atoms with Crippen LogP contribution in [0.5, 0.6) is 5.88 Å². The third-order valence-corrected chi connectivity index (χ3v) is 7.69. The van der Waals surface area contributed by atoms with Crippen molar-refractivity contribution in [3.05, 3.63) is 64.4 Å². The minimum absolute atomic E-state index is 0.0888. The molecule has 1 atom stereocenters. The second-order valence-electron chi connectivity index (χ2n) is 9.64. The van der Waals surface area contributed by atoms with Gasteiger partial charge in [0.2, 0.25) is 5.88 Å². The van der Waals surface area contributed by atoms with Crippen molar-refractivity contribution in [2.75, 3.05) is 36.7 Å². The Labute approximate surface area is 219 Å². The molecule has 0 spiro atoms. The Morgan fingerprint density at radius 3 is 2.57 bits per heavy atom. The zero-order valence-electron chi connectivity index (χ0n) is 21.0. The molecule has 0 saturated carbocycles. The number of benzene rings is 1. The van der Waals surface area contributed by atoms with E-state index in [-0.39, 0.29) is 24.2 Å². The maximum atomic E-state index is 13.7. The molecule has 2 aliphatic heterocycles. The summed E-state index contributed by atoms with van der Waals surface area (Å²) in [5.41, 5.74) is 1.47. The number of hydrogen-bond acceptors (Lipinski definition) is 6. The summed E-state index contributed by atoms with van der Waals surface area (Å²) < 4.78 is 48.3. The molecule has 5 rings (SSSR count). The standard InChI is InChI=1S/C26H30ClF3N6O/c1-17-20-15-33(2)32-24(20)35(14-18-6-4-5-7-21(18)26(28,29)30)16-36(17)19-9-12-34(13-10-19)23-22(27)8-11-31-25(23)37-3/h4-8,11,15,17,19H,9-10,12-14,16H2,1-3H3/t17-/m1/s1. The number of rotatable bonds is 5. The minimum Gasteiger partial charge on any atom is -0.479 e. The Morgan fingerprint density at radius 2 is 1.86 bits per heavy atom. The van der Waals surface area contributed by atoms with Crippen molar-refractivity contribution in [3.8, 4) is 5.88 Å². The molecule has 3 aromatic rings. The van der Waals surface area contributed by atoms with Crippen molar-refractivity contribution in [1.29, 1.82) is 0 Å². The van der Waals surface area contributed by atoms with E-state index in [9.17, 15) is 13.2 Å². The van der Waals surface area contributed by atoms with E-state index in [0.717, 1.165) is 49.1 Å². The second-order valence-corrected chi connectivity index (χ2v) is 10.0. The van der Waals surface area contributed by atoms with Gasteiger partial charge in [0.1, 0.15) is 5.69 Å². The molecule has 0 aliphatic carbocycles. The van der Waals surface area contributed by atoms with Gasteiger partial charge in [0.05, 0.1) is 24.4 Å². The molecule has 2 aliphatic rings. The van der Waals surface area contributed by atoms with Crippen LogP contribution < -0.4 is 14.5 Å². The van der Waals surface area contributed by atoms with E-state index in [4.69, 9.17) is 16.3 Å². The molecule has 0 bridgehead atoms. The fraction of sp³-hybridized carbons (Fsp3) is 0.462. The number of nitrogens with zero attached hydrogens (tertiary/aromatic N) is 6. The van der Waals surface area contributed by atoms with E-state index in [1.54, 1.807) is 36.2 Å². The number of ether oxygens (including phenoxy) is 1. The highest BCUT2D eigenvalue weighted by Crippen LogP contribution is 2.41. The van der Waals surface area contributed by atoms with Crippen molar-refractivity contribution in [2.45, 2.75) is 44.6 Å². The topological polar surface area (TPSA) is 49.7 Å². The number of halogens is 4. The van der Waals surface area contributed by atoms with E-state index in [2.05, 4.69) is 26.8 Å². The van der Waals surface area contributed by atoms with Crippen LogP contribution in [0.25, 0.3) is 0 Å². The molecule has 0 N–H and O–H groups in total. The first-order chi connectivity index (χ1) is 17.7. The van der Waals surface area contributed by atoms with Gasteiger partial charge in [-0.3, -0.25) is 9.58 Å². The average molecular weight is 535 g/mol. The van der Waals surface area contributed by atoms with E-state index >= 15 is 0 Å². The molecule has 4 heterocycles. The first-order valence-corrected chi connectivity index (χ1v) is 12.7. The fourth-order valence-electron chi connectivity index (χ4n) is 5.57. The summed E-state index contributed by atoms with van der Waals surface area (Å²) in [5, 5.41) is 5.23. The lowest BCUT2D eigenvalue weighted by molar-refractivity contribution is -0.138. The van der Waals surface area contributed by atoms with Crippen LogP contribution in [0.15, 0.2) is 42.7 Å². The molecule has 0 unspecified atom stereocenters. The van der Waals surface area contributed by atoms with Crippen molar-refractivity contribution in [1.82, 2.24) is 19.7 Å². The van der Waals surface area contributed by atoms with Crippen LogP contribution in [0.3, 0.4) is 0 Å². The molecule has 7 nitrogen and oxygen atoms in total. The van der Waals surface area contributed by atoms with Crippen molar-refractivity contribution >= 4 is 23.1 Å². The Hall–Kier alpha value is -2.98. The summed E-state index contributed by atoms with van der Waals surface area (Å²) >= 11 is 6.48. The van der Waals surface area contributed by atoms with Crippen LogP contribution in [0.2, 0.25) is 5.02 Å². The molecular weight excluding hydrogens is 505 g/mol. The summed E-state index contributed by atoms with van der Waals surface area (Å²) in [5.74, 6) is 1.25. The first-order valence-electron chi connectivity index (χ1n) is 12.3. The van der Waals surface area contributed by atoms with Gasteiger partial charge in [0.25, 0.3) is 0 Å². The van der Waals surface area contributed by atoms with Crippen molar-refractivity contribution < 1.29 is 17.9 Å². The number of aromatic nitrogens is 3. The molecule has 1 fully saturated rings. The molecule has 37 heavy (non-hydrogen) atoms. The van der Waals surface area contributed by atoms with Crippen LogP contribution in [0, 0.1) is 0 Å². The normalized spacial score (nSPS) is 19.3. The Kier molecular flexibility index (Phi) is 6.97. The van der Waals surface area contributed by atoms with Crippen molar-refractivity contribution in [2.24, 2.45) is 7.05 Å². The van der Waals surface area contributed by atoms with Gasteiger partial charge >= 0.3 is 6.18 Å². The number of alkyl halides is 3. The third kappa shape index (κ3) is 4.96. The van der Waals surface area contributed by atoms with Gasteiger partial charge < -0.3 is 14.5 Å². The van der Waals surface area contributed by atoms with Gasteiger partial charge in [-0.25, -0.2) is 4.98 Å². The van der Waals surface area contributed by atoms with Gasteiger partial charge in [0, 0.05) is 56.7 Å². The van der Waals surface area contributed by atoms with Crippen LogP contribution in [-0.4, -0.2) is 52.6 Å². The van der Waals surface area contributed by atoms with Crippen LogP contribution in [0.4, 0.5) is 24.7 Å². The Morgan fingerprint density at radius 1 is 1.14 bits per heavy atom. The van der Waals surface area contributed by atoms with Gasteiger partial charge in [0.15, 0.2) is 5.82 Å². The summed E-state index contributed by atoms with van der Waals surface area (Å²) in [6.07, 6.45) is 0.949. The van der Waals surface area contributed by atoms with Crippen LogP contribution in [0.1, 0.15) is 42.5 Å². The third-order valence-electron chi connectivity index (χ3n) is 7.39. The number of aryl methyl sites for hydroxylation is 1. The average Bonchev–Trinajstić information content (AvgIpc) is 3.28. The Bertz CT molecular complexity index is 1260. The molecule has 198 valence electrons. The lowest BCUT2D eigenvalue weighted by Crippen LogP contribution is -2.52. The largest absolute Gasteiger partial charge is 0.479 e. The highest BCUT2D eigenvalue weighted by molar-refractivity contribution is 6.33. The number of piperidine rings is 1. The quantitative estimate of drug-likeness (QED) is 0.430. The van der Waals surface area contributed by atoms with E-state index in [1.165, 1.54) is 6.07 Å². The highest BCUT2D eigenvalue weighted by Gasteiger charge is 2.39. The summed E-state index contributed by atoms with van der Waals surface area (Å²) in [4.78, 5) is 10.9. The molecular formula is C26H30ClF3N6O. The van der Waals surface area contributed by atoms with Gasteiger partial charge in [-0.15, -0.1) is 0 Å². The Balaban J connectivity index is 1.38. The maximum absolute atomic E-state index is 13.7. The molecule has 1 saturated heterocycles. The van der Waals surface area contributed by atoms with E-state index in [1.807, 2.05) is 18.1 Å². The summed E-state index contributed by atoms with van der Waals surface area (Å²) in [7, 11) is 3.43. The molecule has 2 aromatic heterocycles. The fourth-order valence-corrected chi connectivity index (χ4v) is 5.82.